The number of hydrogen-bond donors (Lipinski definition) is 1. The van der Waals surface area contributed by atoms with Gasteiger partial charge in [0.1, 0.15) is 0 Å². The maximum atomic E-state index is 13.0. The van der Waals surface area contributed by atoms with Crippen molar-refractivity contribution in [2.45, 2.75) is 42.5 Å². The number of fused-ring (bicyclic) bond motifs is 1. The van der Waals surface area contributed by atoms with Crippen molar-refractivity contribution in [2.75, 3.05) is 6.61 Å². The topological polar surface area (TPSA) is 79.2 Å². The molecule has 0 bridgehead atoms. The molecule has 2 aliphatic rings. The lowest BCUT2D eigenvalue weighted by molar-refractivity contribution is -0.137. The molecule has 1 saturated heterocycles. The molecule has 24 heavy (non-hydrogen) atoms. The first-order valence-corrected chi connectivity index (χ1v) is 8.96. The van der Waals surface area contributed by atoms with Crippen LogP contribution >= 0.6 is 0 Å². The zero-order valence-electron chi connectivity index (χ0n) is 12.5. The van der Waals surface area contributed by atoms with Gasteiger partial charge in [-0.15, -0.1) is 0 Å². The maximum absolute atomic E-state index is 13.0. The van der Waals surface area contributed by atoms with Crippen LogP contribution in [0.15, 0.2) is 23.1 Å². The van der Waals surface area contributed by atoms with Crippen LogP contribution in [0.3, 0.4) is 0 Å². The Morgan fingerprint density at radius 2 is 2.08 bits per heavy atom. The molecule has 3 atom stereocenters. The van der Waals surface area contributed by atoms with E-state index in [4.69, 9.17) is 10.00 Å². The normalized spacial score (nSPS) is 27.0. The molecule has 0 radical (unpaired) electrons. The predicted molar refractivity (Wildman–Crippen MR) is 77.3 cm³/mol. The van der Waals surface area contributed by atoms with Crippen LogP contribution in [-0.4, -0.2) is 27.2 Å². The summed E-state index contributed by atoms with van der Waals surface area (Å²) in [4.78, 5) is -0.492. The smallest absolute Gasteiger partial charge is 0.378 e. The van der Waals surface area contributed by atoms with Crippen molar-refractivity contribution in [3.8, 4) is 6.07 Å². The van der Waals surface area contributed by atoms with Crippen molar-refractivity contribution in [2.24, 2.45) is 5.92 Å². The van der Waals surface area contributed by atoms with Gasteiger partial charge in [0, 0.05) is 18.6 Å². The highest BCUT2D eigenvalue weighted by Crippen LogP contribution is 2.39. The molecule has 1 aromatic rings. The first-order valence-electron chi connectivity index (χ1n) is 7.47. The van der Waals surface area contributed by atoms with Gasteiger partial charge in [-0.3, -0.25) is 0 Å². The molecule has 0 amide bonds. The lowest BCUT2D eigenvalue weighted by atomic mass is 9.73. The van der Waals surface area contributed by atoms with Crippen LogP contribution in [0.4, 0.5) is 13.2 Å². The highest BCUT2D eigenvalue weighted by atomic mass is 32.2. The van der Waals surface area contributed by atoms with E-state index in [9.17, 15) is 21.6 Å². The van der Waals surface area contributed by atoms with Gasteiger partial charge >= 0.3 is 6.18 Å². The summed E-state index contributed by atoms with van der Waals surface area (Å²) >= 11 is 0. The lowest BCUT2D eigenvalue weighted by Gasteiger charge is -2.47. The Morgan fingerprint density at radius 3 is 2.71 bits per heavy atom. The van der Waals surface area contributed by atoms with Crippen molar-refractivity contribution < 1.29 is 26.3 Å². The fourth-order valence-electron chi connectivity index (χ4n) is 3.22. The third-order valence-electron chi connectivity index (χ3n) is 4.53. The number of nitriles is 1. The second kappa shape index (κ2) is 6.02. The van der Waals surface area contributed by atoms with Gasteiger partial charge in [-0.2, -0.15) is 18.4 Å². The Kier molecular flexibility index (Phi) is 4.32. The number of nitrogens with one attached hydrogen (secondary N) is 1. The van der Waals surface area contributed by atoms with E-state index in [-0.39, 0.29) is 18.1 Å². The standard InChI is InChI=1S/C15H15F3N2O3S/c16-15(17,18)12-6-10(4-3-9(12)8-19)24(21,22)20-13-7-14-11(13)2-1-5-23-14/h3-4,6,11,13-14,20H,1-2,5,7H2. The molecule has 2 fully saturated rings. The number of nitrogens with zero attached hydrogens (tertiary/aromatic N) is 1. The Bertz CT molecular complexity index is 786. The van der Waals surface area contributed by atoms with Crippen LogP contribution in [-0.2, 0) is 20.9 Å². The van der Waals surface area contributed by atoms with Gasteiger partial charge in [-0.1, -0.05) is 0 Å². The van der Waals surface area contributed by atoms with Gasteiger partial charge in [0.2, 0.25) is 10.0 Å². The minimum absolute atomic E-state index is 0.0261. The zero-order chi connectivity index (χ0) is 17.5. The summed E-state index contributed by atoms with van der Waals surface area (Å²) in [5.41, 5.74) is -1.86. The SMILES string of the molecule is N#Cc1ccc(S(=O)(=O)NC2CC3OCCCC23)cc1C(F)(F)F. The van der Waals surface area contributed by atoms with E-state index in [1.807, 2.05) is 0 Å². The van der Waals surface area contributed by atoms with Gasteiger partial charge < -0.3 is 4.74 Å². The van der Waals surface area contributed by atoms with Gasteiger partial charge in [0.05, 0.1) is 28.2 Å². The van der Waals surface area contributed by atoms with E-state index in [1.54, 1.807) is 0 Å². The zero-order valence-corrected chi connectivity index (χ0v) is 13.3. The number of alkyl halides is 3. The van der Waals surface area contributed by atoms with E-state index >= 15 is 0 Å². The number of ether oxygens (including phenoxy) is 1. The third kappa shape index (κ3) is 3.14. The first-order chi connectivity index (χ1) is 11.2. The molecule has 1 aliphatic carbocycles. The molecule has 3 unspecified atom stereocenters. The third-order valence-corrected chi connectivity index (χ3v) is 6.02. The van der Waals surface area contributed by atoms with Crippen LogP contribution < -0.4 is 4.72 Å². The minimum Gasteiger partial charge on any atom is -0.378 e. The summed E-state index contributed by atoms with van der Waals surface area (Å²) < 4.78 is 71.7. The fourth-order valence-corrected chi connectivity index (χ4v) is 4.55. The summed E-state index contributed by atoms with van der Waals surface area (Å²) in [6.07, 6.45) is -2.58. The van der Waals surface area contributed by atoms with Crippen molar-refractivity contribution in [1.82, 2.24) is 4.72 Å². The molecule has 9 heteroatoms. The van der Waals surface area contributed by atoms with E-state index in [0.717, 1.165) is 25.0 Å². The van der Waals surface area contributed by atoms with E-state index in [2.05, 4.69) is 4.72 Å². The maximum Gasteiger partial charge on any atom is 0.417 e. The van der Waals surface area contributed by atoms with Crippen LogP contribution in [0.2, 0.25) is 0 Å². The molecule has 1 N–H and O–H groups in total. The molecule has 5 nitrogen and oxygen atoms in total. The quantitative estimate of drug-likeness (QED) is 0.898. The molecule has 1 aromatic carbocycles. The number of benzene rings is 1. The first kappa shape index (κ1) is 17.2. The number of halogens is 3. The van der Waals surface area contributed by atoms with Crippen LogP contribution in [0, 0.1) is 17.2 Å². The van der Waals surface area contributed by atoms with Gasteiger partial charge in [-0.05, 0) is 37.5 Å². The van der Waals surface area contributed by atoms with Crippen LogP contribution in [0.5, 0.6) is 0 Å². The average Bonchev–Trinajstić information content (AvgIpc) is 2.51. The van der Waals surface area contributed by atoms with Crippen LogP contribution in [0.25, 0.3) is 0 Å². The second-order valence-electron chi connectivity index (χ2n) is 6.00. The minimum atomic E-state index is -4.80. The molecule has 0 spiro atoms. The van der Waals surface area contributed by atoms with Gasteiger partial charge in [0.15, 0.2) is 0 Å². The average molecular weight is 360 g/mol. The van der Waals surface area contributed by atoms with Crippen molar-refractivity contribution in [3.63, 3.8) is 0 Å². The molecule has 130 valence electrons. The summed E-state index contributed by atoms with van der Waals surface area (Å²) in [6.45, 7) is 0.658. The molecule has 3 rings (SSSR count). The number of sulfonamides is 1. The molecular formula is C15H15F3N2O3S. The number of rotatable bonds is 3. The van der Waals surface area contributed by atoms with E-state index in [1.165, 1.54) is 6.07 Å². The molecular weight excluding hydrogens is 345 g/mol. The van der Waals surface area contributed by atoms with Crippen molar-refractivity contribution in [3.05, 3.63) is 29.3 Å². The predicted octanol–water partition coefficient (Wildman–Crippen LogP) is 2.42. The summed E-state index contributed by atoms with van der Waals surface area (Å²) in [7, 11) is -4.09. The highest BCUT2D eigenvalue weighted by Gasteiger charge is 2.45. The highest BCUT2D eigenvalue weighted by molar-refractivity contribution is 7.89. The Labute approximate surface area is 137 Å². The molecule has 1 saturated carbocycles. The van der Waals surface area contributed by atoms with Gasteiger partial charge in [0.25, 0.3) is 0 Å². The molecule has 1 aliphatic heterocycles. The molecule has 0 aromatic heterocycles. The van der Waals surface area contributed by atoms with E-state index in [0.29, 0.717) is 19.1 Å². The van der Waals surface area contributed by atoms with Crippen molar-refractivity contribution in [1.29, 1.82) is 5.26 Å². The van der Waals surface area contributed by atoms with Crippen LogP contribution in [0.1, 0.15) is 30.4 Å². The Morgan fingerprint density at radius 1 is 1.33 bits per heavy atom. The monoisotopic (exact) mass is 360 g/mol. The largest absolute Gasteiger partial charge is 0.417 e. The summed E-state index contributed by atoms with van der Waals surface area (Å²) in [6, 6.07) is 3.51. The number of hydrogen-bond acceptors (Lipinski definition) is 4. The second-order valence-corrected chi connectivity index (χ2v) is 7.71. The Balaban J connectivity index is 1.84. The lowest BCUT2D eigenvalue weighted by Crippen LogP contribution is -2.57. The summed E-state index contributed by atoms with van der Waals surface area (Å²) in [5, 5.41) is 8.77. The van der Waals surface area contributed by atoms with Gasteiger partial charge in [-0.25, -0.2) is 13.1 Å². The van der Waals surface area contributed by atoms with E-state index < -0.39 is 32.2 Å². The fraction of sp³-hybridized carbons (Fsp3) is 0.533. The Hall–Kier alpha value is -1.63. The molecule has 1 heterocycles. The van der Waals surface area contributed by atoms with Crippen molar-refractivity contribution >= 4 is 10.0 Å². The summed E-state index contributed by atoms with van der Waals surface area (Å²) in [5.74, 6) is 0.0639.